The van der Waals surface area contributed by atoms with Crippen molar-refractivity contribution in [3.63, 3.8) is 0 Å². The zero-order valence-electron chi connectivity index (χ0n) is 14.7. The quantitative estimate of drug-likeness (QED) is 0.803. The van der Waals surface area contributed by atoms with Crippen LogP contribution in [0.4, 0.5) is 4.39 Å². The topological polar surface area (TPSA) is 64.6 Å². The minimum atomic E-state index is -3.64. The Kier molecular flexibility index (Phi) is 5.72. The molecule has 1 aliphatic carbocycles. The molecule has 0 amide bonds. The van der Waals surface area contributed by atoms with Gasteiger partial charge in [0.2, 0.25) is 10.0 Å². The number of methoxy groups -OCH3 is 2. The molecule has 0 bridgehead atoms. The van der Waals surface area contributed by atoms with Crippen LogP contribution in [-0.2, 0) is 25.9 Å². The maximum Gasteiger partial charge on any atom is 0.214 e. The van der Waals surface area contributed by atoms with Crippen LogP contribution in [0.1, 0.15) is 28.9 Å². The summed E-state index contributed by atoms with van der Waals surface area (Å²) in [4.78, 5) is 0. The Hall–Kier alpha value is -1.80. The molecule has 2 aromatic carbocycles. The molecule has 7 heteroatoms. The van der Waals surface area contributed by atoms with Gasteiger partial charge in [-0.05, 0) is 35.2 Å². The molecule has 140 valence electrons. The van der Waals surface area contributed by atoms with Crippen molar-refractivity contribution >= 4 is 10.0 Å². The lowest BCUT2D eigenvalue weighted by molar-refractivity contribution is 0.0848. The third-order valence-electron chi connectivity index (χ3n) is 4.65. The number of ether oxygens (including phenoxy) is 2. The average Bonchev–Trinajstić information content (AvgIpc) is 2.96. The molecule has 1 N–H and O–H groups in total. The summed E-state index contributed by atoms with van der Waals surface area (Å²) in [6.45, 7) is 0. The van der Waals surface area contributed by atoms with Crippen LogP contribution in [0.15, 0.2) is 48.5 Å². The van der Waals surface area contributed by atoms with Crippen LogP contribution in [0.25, 0.3) is 0 Å². The van der Waals surface area contributed by atoms with Crippen LogP contribution in [-0.4, -0.2) is 34.4 Å². The van der Waals surface area contributed by atoms with Crippen molar-refractivity contribution < 1.29 is 22.3 Å². The molecule has 3 rings (SSSR count). The molecule has 0 fully saturated rings. The Bertz CT molecular complexity index is 854. The molecule has 0 radical (unpaired) electrons. The van der Waals surface area contributed by atoms with E-state index in [0.717, 1.165) is 11.1 Å². The Balaban J connectivity index is 1.73. The van der Waals surface area contributed by atoms with Gasteiger partial charge in [0.1, 0.15) is 5.82 Å². The molecule has 0 aliphatic heterocycles. The summed E-state index contributed by atoms with van der Waals surface area (Å²) in [6, 6.07) is 13.0. The SMILES string of the molecule is COC(CS(=O)(=O)N[C@@H]1Cc2ccccc2[C@@H]1OC)c1ccc(F)cc1. The molecular weight excluding hydrogens is 357 g/mol. The summed E-state index contributed by atoms with van der Waals surface area (Å²) in [5.74, 6) is -0.630. The monoisotopic (exact) mass is 379 g/mol. The third kappa shape index (κ3) is 4.12. The van der Waals surface area contributed by atoms with E-state index in [1.165, 1.54) is 31.4 Å². The highest BCUT2D eigenvalue weighted by Gasteiger charge is 2.35. The smallest absolute Gasteiger partial charge is 0.214 e. The van der Waals surface area contributed by atoms with E-state index in [-0.39, 0.29) is 23.7 Å². The fourth-order valence-corrected chi connectivity index (χ4v) is 4.90. The number of rotatable bonds is 7. The Morgan fingerprint density at radius 1 is 1.15 bits per heavy atom. The number of fused-ring (bicyclic) bond motifs is 1. The van der Waals surface area contributed by atoms with Crippen molar-refractivity contribution in [1.82, 2.24) is 4.72 Å². The first kappa shape index (κ1) is 19.0. The minimum absolute atomic E-state index is 0.252. The van der Waals surface area contributed by atoms with E-state index in [4.69, 9.17) is 9.47 Å². The molecular formula is C19H22FNO4S. The predicted molar refractivity (Wildman–Crippen MR) is 96.8 cm³/mol. The van der Waals surface area contributed by atoms with Crippen LogP contribution < -0.4 is 4.72 Å². The average molecular weight is 379 g/mol. The molecule has 0 heterocycles. The maximum atomic E-state index is 13.1. The van der Waals surface area contributed by atoms with Gasteiger partial charge in [0.05, 0.1) is 24.0 Å². The summed E-state index contributed by atoms with van der Waals surface area (Å²) >= 11 is 0. The molecule has 0 saturated heterocycles. The molecule has 5 nitrogen and oxygen atoms in total. The normalized spacial score (nSPS) is 20.7. The first-order valence-electron chi connectivity index (χ1n) is 8.32. The summed E-state index contributed by atoms with van der Waals surface area (Å²) in [5.41, 5.74) is 2.69. The second-order valence-electron chi connectivity index (χ2n) is 6.34. The van der Waals surface area contributed by atoms with Crippen molar-refractivity contribution in [2.45, 2.75) is 24.7 Å². The fraction of sp³-hybridized carbons (Fsp3) is 0.368. The molecule has 1 unspecified atom stereocenters. The van der Waals surface area contributed by atoms with E-state index in [2.05, 4.69) is 4.72 Å². The van der Waals surface area contributed by atoms with E-state index < -0.39 is 16.1 Å². The number of benzene rings is 2. The molecule has 0 saturated carbocycles. The lowest BCUT2D eigenvalue weighted by Crippen LogP contribution is -2.40. The molecule has 1 aliphatic rings. The summed E-state index contributed by atoms with van der Waals surface area (Å²) in [6.07, 6.45) is -0.437. The number of hydrogen-bond acceptors (Lipinski definition) is 4. The summed E-state index contributed by atoms with van der Waals surface area (Å²) < 4.78 is 52.1. The zero-order valence-corrected chi connectivity index (χ0v) is 15.5. The summed E-state index contributed by atoms with van der Waals surface area (Å²) in [7, 11) is -0.633. The van der Waals surface area contributed by atoms with Crippen molar-refractivity contribution in [2.24, 2.45) is 0 Å². The van der Waals surface area contributed by atoms with Crippen molar-refractivity contribution in [2.75, 3.05) is 20.0 Å². The largest absolute Gasteiger partial charge is 0.376 e. The lowest BCUT2D eigenvalue weighted by Gasteiger charge is -2.22. The lowest BCUT2D eigenvalue weighted by atomic mass is 10.1. The molecule has 3 atom stereocenters. The fourth-order valence-electron chi connectivity index (χ4n) is 3.41. The number of halogens is 1. The third-order valence-corrected chi connectivity index (χ3v) is 6.05. The van der Waals surface area contributed by atoms with Crippen molar-refractivity contribution in [3.8, 4) is 0 Å². The molecule has 0 aromatic heterocycles. The van der Waals surface area contributed by atoms with Crippen molar-refractivity contribution in [3.05, 3.63) is 71.0 Å². The van der Waals surface area contributed by atoms with E-state index in [1.54, 1.807) is 7.11 Å². The van der Waals surface area contributed by atoms with Crippen LogP contribution in [0.3, 0.4) is 0 Å². The van der Waals surface area contributed by atoms with Gasteiger partial charge in [0.15, 0.2) is 0 Å². The molecule has 26 heavy (non-hydrogen) atoms. The second kappa shape index (κ2) is 7.84. The van der Waals surface area contributed by atoms with Gasteiger partial charge in [-0.15, -0.1) is 0 Å². The Morgan fingerprint density at radius 2 is 1.85 bits per heavy atom. The number of sulfonamides is 1. The van der Waals surface area contributed by atoms with E-state index >= 15 is 0 Å². The first-order valence-corrected chi connectivity index (χ1v) is 9.97. The Labute approximate surface area is 153 Å². The van der Waals surface area contributed by atoms with E-state index in [9.17, 15) is 12.8 Å². The second-order valence-corrected chi connectivity index (χ2v) is 8.14. The van der Waals surface area contributed by atoms with Crippen molar-refractivity contribution in [1.29, 1.82) is 0 Å². The summed E-state index contributed by atoms with van der Waals surface area (Å²) in [5, 5.41) is 0. The highest BCUT2D eigenvalue weighted by Crippen LogP contribution is 2.34. The number of nitrogens with one attached hydrogen (secondary N) is 1. The van der Waals surface area contributed by atoms with Gasteiger partial charge in [-0.2, -0.15) is 0 Å². The minimum Gasteiger partial charge on any atom is -0.376 e. The predicted octanol–water partition coefficient (Wildman–Crippen LogP) is 2.75. The van der Waals surface area contributed by atoms with E-state index in [1.807, 2.05) is 24.3 Å². The van der Waals surface area contributed by atoms with Crippen LogP contribution in [0.2, 0.25) is 0 Å². The van der Waals surface area contributed by atoms with Gasteiger partial charge in [-0.1, -0.05) is 36.4 Å². The highest BCUT2D eigenvalue weighted by molar-refractivity contribution is 7.89. The van der Waals surface area contributed by atoms with Crippen LogP contribution in [0, 0.1) is 5.82 Å². The van der Waals surface area contributed by atoms with Gasteiger partial charge in [0, 0.05) is 14.2 Å². The maximum absolute atomic E-state index is 13.1. The van der Waals surface area contributed by atoms with E-state index in [0.29, 0.717) is 12.0 Å². The number of hydrogen-bond donors (Lipinski definition) is 1. The van der Waals surface area contributed by atoms with Gasteiger partial charge < -0.3 is 9.47 Å². The van der Waals surface area contributed by atoms with Crippen LogP contribution >= 0.6 is 0 Å². The molecule has 2 aromatic rings. The first-order chi connectivity index (χ1) is 12.4. The van der Waals surface area contributed by atoms with Gasteiger partial charge in [-0.25, -0.2) is 17.5 Å². The standard InChI is InChI=1S/C19H22FNO4S/c1-24-18(13-7-9-15(20)10-8-13)12-26(22,23)21-17-11-14-5-3-4-6-16(14)19(17)25-2/h3-10,17-19,21H,11-12H2,1-2H3/t17-,18?,19+/m1/s1. The van der Waals surface area contributed by atoms with Gasteiger partial charge >= 0.3 is 0 Å². The van der Waals surface area contributed by atoms with Gasteiger partial charge in [-0.3, -0.25) is 0 Å². The Morgan fingerprint density at radius 3 is 2.50 bits per heavy atom. The van der Waals surface area contributed by atoms with Gasteiger partial charge in [0.25, 0.3) is 0 Å². The highest BCUT2D eigenvalue weighted by atomic mass is 32.2. The molecule has 0 spiro atoms. The zero-order chi connectivity index (χ0) is 18.7. The van der Waals surface area contributed by atoms with Crippen LogP contribution in [0.5, 0.6) is 0 Å².